The zero-order valence-electron chi connectivity index (χ0n) is 10.3. The molecule has 0 aliphatic carbocycles. The Balaban J connectivity index is 2.56. The Morgan fingerprint density at radius 1 is 1.47 bits per heavy atom. The summed E-state index contributed by atoms with van der Waals surface area (Å²) in [4.78, 5) is 15.0. The molecule has 0 saturated heterocycles. The first-order valence-electron chi connectivity index (χ1n) is 5.38. The van der Waals surface area contributed by atoms with E-state index in [0.29, 0.717) is 5.52 Å². The Morgan fingerprint density at radius 2 is 2.16 bits per heavy atom. The smallest absolute Gasteiger partial charge is 0.321 e. The van der Waals surface area contributed by atoms with Crippen LogP contribution in [0.2, 0.25) is 0 Å². The minimum atomic E-state index is -3.88. The van der Waals surface area contributed by atoms with Crippen molar-refractivity contribution >= 4 is 37.5 Å². The van der Waals surface area contributed by atoms with Gasteiger partial charge in [-0.1, -0.05) is 6.07 Å². The van der Waals surface area contributed by atoms with Gasteiger partial charge in [0, 0.05) is 7.05 Å². The fourth-order valence-electron chi connectivity index (χ4n) is 1.59. The van der Waals surface area contributed by atoms with Crippen LogP contribution in [0.1, 0.15) is 6.92 Å². The molecule has 1 atom stereocenters. The average Bonchev–Trinajstić information content (AvgIpc) is 2.84. The molecule has 0 amide bonds. The molecule has 8 heteroatoms. The van der Waals surface area contributed by atoms with Crippen molar-refractivity contribution in [3.05, 3.63) is 23.7 Å². The molecule has 0 fully saturated rings. The molecule has 0 saturated carbocycles. The Morgan fingerprint density at radius 3 is 2.79 bits per heavy atom. The van der Waals surface area contributed by atoms with Gasteiger partial charge in [0.15, 0.2) is 0 Å². The van der Waals surface area contributed by atoms with Crippen LogP contribution in [0.25, 0.3) is 10.2 Å². The molecule has 0 unspecified atom stereocenters. The highest BCUT2D eigenvalue weighted by molar-refractivity contribution is 7.89. The maximum atomic E-state index is 12.4. The Bertz CT molecular complexity index is 723. The molecular formula is C11H12N2O4S2. The summed E-state index contributed by atoms with van der Waals surface area (Å²) in [5.41, 5.74) is 1.93. The molecular weight excluding hydrogens is 288 g/mol. The standard InChI is InChI=1S/C11H12N2O4S2/c1-7(11(14)15)13(2)19(16,17)9-5-3-4-8-10(9)12-6-18-8/h3-7H,1-2H3,(H,14,15)/t7-/m0/s1. The minimum Gasteiger partial charge on any atom is -0.480 e. The van der Waals surface area contributed by atoms with E-state index in [2.05, 4.69) is 4.98 Å². The first-order chi connectivity index (χ1) is 8.85. The fourth-order valence-corrected chi connectivity index (χ4v) is 3.83. The molecule has 1 heterocycles. The van der Waals surface area contributed by atoms with Crippen molar-refractivity contribution in [1.82, 2.24) is 9.29 Å². The van der Waals surface area contributed by atoms with E-state index >= 15 is 0 Å². The lowest BCUT2D eigenvalue weighted by Crippen LogP contribution is -2.40. The van der Waals surface area contributed by atoms with Gasteiger partial charge in [-0.2, -0.15) is 4.31 Å². The number of aliphatic carboxylic acids is 1. The first-order valence-corrected chi connectivity index (χ1v) is 7.70. The van der Waals surface area contributed by atoms with Crippen molar-refractivity contribution in [2.75, 3.05) is 7.05 Å². The maximum Gasteiger partial charge on any atom is 0.321 e. The van der Waals surface area contributed by atoms with Gasteiger partial charge in [0.1, 0.15) is 16.5 Å². The van der Waals surface area contributed by atoms with Gasteiger partial charge in [-0.3, -0.25) is 4.79 Å². The molecule has 0 bridgehead atoms. The highest BCUT2D eigenvalue weighted by Gasteiger charge is 2.31. The van der Waals surface area contributed by atoms with Crippen molar-refractivity contribution in [1.29, 1.82) is 0 Å². The van der Waals surface area contributed by atoms with Crippen LogP contribution in [0, 0.1) is 0 Å². The van der Waals surface area contributed by atoms with Crippen LogP contribution in [-0.4, -0.2) is 41.9 Å². The van der Waals surface area contributed by atoms with Crippen molar-refractivity contribution in [3.63, 3.8) is 0 Å². The summed E-state index contributed by atoms with van der Waals surface area (Å²) in [5, 5.41) is 8.92. The summed E-state index contributed by atoms with van der Waals surface area (Å²) in [5.74, 6) is -1.20. The van der Waals surface area contributed by atoms with Gasteiger partial charge in [-0.05, 0) is 19.1 Å². The highest BCUT2D eigenvalue weighted by Crippen LogP contribution is 2.27. The van der Waals surface area contributed by atoms with E-state index in [0.717, 1.165) is 9.01 Å². The number of rotatable bonds is 4. The van der Waals surface area contributed by atoms with Crippen LogP contribution in [0.5, 0.6) is 0 Å². The van der Waals surface area contributed by atoms with Gasteiger partial charge in [0.25, 0.3) is 0 Å². The highest BCUT2D eigenvalue weighted by atomic mass is 32.2. The van der Waals surface area contributed by atoms with Crippen molar-refractivity contribution in [2.45, 2.75) is 17.9 Å². The lowest BCUT2D eigenvalue weighted by molar-refractivity contribution is -0.140. The molecule has 0 spiro atoms. The molecule has 6 nitrogen and oxygen atoms in total. The number of benzene rings is 1. The molecule has 0 radical (unpaired) electrons. The maximum absolute atomic E-state index is 12.4. The average molecular weight is 300 g/mol. The lowest BCUT2D eigenvalue weighted by atomic mass is 10.3. The third-order valence-corrected chi connectivity index (χ3v) is 5.64. The van der Waals surface area contributed by atoms with Crippen LogP contribution in [0.15, 0.2) is 28.6 Å². The van der Waals surface area contributed by atoms with Gasteiger partial charge in [0.2, 0.25) is 10.0 Å². The zero-order valence-corrected chi connectivity index (χ0v) is 11.9. The number of hydrogen-bond donors (Lipinski definition) is 1. The van der Waals surface area contributed by atoms with E-state index in [4.69, 9.17) is 5.11 Å². The molecule has 2 rings (SSSR count). The number of carbonyl (C=O) groups is 1. The Kier molecular flexibility index (Phi) is 3.57. The van der Waals surface area contributed by atoms with Crippen LogP contribution >= 0.6 is 11.3 Å². The molecule has 1 aromatic carbocycles. The third kappa shape index (κ3) is 2.34. The van der Waals surface area contributed by atoms with Gasteiger partial charge >= 0.3 is 5.97 Å². The third-order valence-electron chi connectivity index (χ3n) is 2.88. The molecule has 2 aromatic rings. The van der Waals surface area contributed by atoms with Crippen molar-refractivity contribution < 1.29 is 18.3 Å². The molecule has 0 aliphatic heterocycles. The topological polar surface area (TPSA) is 87.6 Å². The lowest BCUT2D eigenvalue weighted by Gasteiger charge is -2.21. The number of hydrogen-bond acceptors (Lipinski definition) is 5. The van der Waals surface area contributed by atoms with E-state index in [1.165, 1.54) is 31.4 Å². The van der Waals surface area contributed by atoms with Crippen molar-refractivity contribution in [3.8, 4) is 0 Å². The van der Waals surface area contributed by atoms with Gasteiger partial charge < -0.3 is 5.11 Å². The largest absolute Gasteiger partial charge is 0.480 e. The van der Waals surface area contributed by atoms with Gasteiger partial charge in [0.05, 0.1) is 10.2 Å². The summed E-state index contributed by atoms with van der Waals surface area (Å²) in [7, 11) is -2.63. The quantitative estimate of drug-likeness (QED) is 0.922. The van der Waals surface area contributed by atoms with Crippen LogP contribution < -0.4 is 0 Å². The van der Waals surface area contributed by atoms with Crippen molar-refractivity contribution in [2.24, 2.45) is 0 Å². The molecule has 0 aliphatic rings. The number of carboxylic acids is 1. The number of aromatic nitrogens is 1. The summed E-state index contributed by atoms with van der Waals surface area (Å²) in [6.45, 7) is 1.32. The summed E-state index contributed by atoms with van der Waals surface area (Å²) in [6.07, 6.45) is 0. The van der Waals surface area contributed by atoms with Gasteiger partial charge in [-0.15, -0.1) is 11.3 Å². The number of fused-ring (bicyclic) bond motifs is 1. The van der Waals surface area contributed by atoms with E-state index in [1.807, 2.05) is 0 Å². The van der Waals surface area contributed by atoms with E-state index < -0.39 is 22.0 Å². The number of sulfonamides is 1. The molecule has 102 valence electrons. The summed E-state index contributed by atoms with van der Waals surface area (Å²) < 4.78 is 26.4. The van der Waals surface area contributed by atoms with E-state index in [1.54, 1.807) is 17.6 Å². The first kappa shape index (κ1) is 13.9. The predicted molar refractivity (Wildman–Crippen MR) is 71.7 cm³/mol. The normalized spacial score (nSPS) is 13.8. The minimum absolute atomic E-state index is 0.0295. The molecule has 19 heavy (non-hydrogen) atoms. The van der Waals surface area contributed by atoms with Crippen LogP contribution in [0.4, 0.5) is 0 Å². The monoisotopic (exact) mass is 300 g/mol. The molecule has 1 aromatic heterocycles. The van der Waals surface area contributed by atoms with E-state index in [9.17, 15) is 13.2 Å². The van der Waals surface area contributed by atoms with Crippen LogP contribution in [0.3, 0.4) is 0 Å². The van der Waals surface area contributed by atoms with E-state index in [-0.39, 0.29) is 4.90 Å². The number of carboxylic acid groups (broad SMARTS) is 1. The molecule has 1 N–H and O–H groups in total. The number of nitrogens with zero attached hydrogens (tertiary/aromatic N) is 2. The second-order valence-electron chi connectivity index (χ2n) is 3.99. The summed E-state index contributed by atoms with van der Waals surface area (Å²) in [6, 6.07) is 3.68. The zero-order chi connectivity index (χ0) is 14.2. The Hall–Kier alpha value is -1.51. The number of likely N-dealkylation sites (N-methyl/N-ethyl adjacent to an activating group) is 1. The summed E-state index contributed by atoms with van der Waals surface area (Å²) >= 11 is 1.33. The second kappa shape index (κ2) is 4.87. The number of thiazole rings is 1. The Labute approximate surface area is 114 Å². The van der Waals surface area contributed by atoms with Crippen LogP contribution in [-0.2, 0) is 14.8 Å². The second-order valence-corrected chi connectivity index (χ2v) is 6.84. The van der Waals surface area contributed by atoms with Gasteiger partial charge in [-0.25, -0.2) is 13.4 Å². The predicted octanol–water partition coefficient (Wildman–Crippen LogP) is 1.39. The fraction of sp³-hybridized carbons (Fsp3) is 0.273. The SMILES string of the molecule is C[C@@H](C(=O)O)N(C)S(=O)(=O)c1cccc2scnc12. The number of para-hydroxylation sites is 1.